The molecule has 0 radical (unpaired) electrons. The van der Waals surface area contributed by atoms with Crippen molar-refractivity contribution in [1.82, 2.24) is 20.5 Å². The summed E-state index contributed by atoms with van der Waals surface area (Å²) in [7, 11) is 0. The van der Waals surface area contributed by atoms with Crippen LogP contribution in [0, 0.1) is 19.8 Å². The summed E-state index contributed by atoms with van der Waals surface area (Å²) in [6, 6.07) is 28.0. The Balaban J connectivity index is 0.985. The lowest BCUT2D eigenvalue weighted by molar-refractivity contribution is -0.142. The van der Waals surface area contributed by atoms with Gasteiger partial charge in [-0.1, -0.05) is 80.1 Å². The van der Waals surface area contributed by atoms with Crippen LogP contribution in [0.3, 0.4) is 0 Å². The van der Waals surface area contributed by atoms with Crippen molar-refractivity contribution in [3.8, 4) is 28.4 Å². The topological polar surface area (TPSA) is 139 Å². The predicted octanol–water partition coefficient (Wildman–Crippen LogP) is 9.24. The first-order valence-corrected chi connectivity index (χ1v) is 21.9. The molecule has 2 aliphatic heterocycles. The van der Waals surface area contributed by atoms with Gasteiger partial charge in [0.2, 0.25) is 5.91 Å². The highest BCUT2D eigenvalue weighted by Crippen LogP contribution is 2.41. The van der Waals surface area contributed by atoms with Crippen LogP contribution >= 0.6 is 0 Å². The Hall–Kier alpha value is -6.36. The third kappa shape index (κ3) is 9.57. The first kappa shape index (κ1) is 42.3. The number of nitrogens with one attached hydrogen (secondary N) is 2. The smallest absolute Gasteiger partial charge is 0.326 e. The number of carboxylic acid groups (broad SMARTS) is 1. The molecule has 1 fully saturated rings. The van der Waals surface area contributed by atoms with Gasteiger partial charge in [0.1, 0.15) is 24.4 Å². The van der Waals surface area contributed by atoms with E-state index in [4.69, 9.17) is 14.2 Å². The number of hydrogen-bond acceptors (Lipinski definition) is 7. The van der Waals surface area contributed by atoms with Crippen LogP contribution in [0.25, 0.3) is 11.1 Å². The average Bonchev–Trinajstić information content (AvgIpc) is 3.29. The standard InChI is InChI=1S/C51H56N4O7/c1-5-34-13-19-41(20-14-34)61-42-21-17-38(18-22-42)48-30-60-46-27-39-26-45(55(29-40(39)28-47(46)62-48)51(59)53-33(4)36-9-7-6-8-10-36)49(56)54-44(50(57)58)25-35-11-15-37(16-12-35)43-23-24-52-32(3)31(43)2/h6-12,15-18,21-24,27-28,33-34,41,44-45,48H,5,13-14,19-20,25-26,29-30H2,1-4H3,(H,53,59)(H,54,56)(H,57,58)/t33-,34-,41-,44+,45+,48-/m1/s1. The van der Waals surface area contributed by atoms with Gasteiger partial charge in [0, 0.05) is 31.3 Å². The number of ether oxygens (including phenoxy) is 3. The molecule has 1 aliphatic carbocycles. The van der Waals surface area contributed by atoms with Crippen LogP contribution in [-0.2, 0) is 29.0 Å². The lowest BCUT2D eigenvalue weighted by Crippen LogP contribution is -2.57. The number of benzene rings is 4. The number of carbonyl (C=O) groups is 3. The Labute approximate surface area is 363 Å². The van der Waals surface area contributed by atoms with E-state index < -0.39 is 30.0 Å². The van der Waals surface area contributed by atoms with Crippen molar-refractivity contribution >= 4 is 17.9 Å². The van der Waals surface area contributed by atoms with Gasteiger partial charge in [-0.15, -0.1) is 0 Å². The summed E-state index contributed by atoms with van der Waals surface area (Å²) in [5.74, 6) is 1.05. The van der Waals surface area contributed by atoms with Crippen LogP contribution in [0.15, 0.2) is 103 Å². The molecule has 4 aromatic carbocycles. The summed E-state index contributed by atoms with van der Waals surface area (Å²) in [4.78, 5) is 47.0. The van der Waals surface area contributed by atoms with E-state index >= 15 is 0 Å². The maximum absolute atomic E-state index is 14.3. The van der Waals surface area contributed by atoms with Gasteiger partial charge in [-0.25, -0.2) is 9.59 Å². The molecule has 11 nitrogen and oxygen atoms in total. The number of rotatable bonds is 12. The van der Waals surface area contributed by atoms with Gasteiger partial charge < -0.3 is 34.9 Å². The molecule has 1 aromatic heterocycles. The van der Waals surface area contributed by atoms with Gasteiger partial charge in [-0.2, -0.15) is 0 Å². The lowest BCUT2D eigenvalue weighted by Gasteiger charge is -2.38. The average molecular weight is 837 g/mol. The fraction of sp³-hybridized carbons (Fsp3) is 0.373. The first-order valence-electron chi connectivity index (χ1n) is 21.9. The van der Waals surface area contributed by atoms with Crippen LogP contribution in [0.4, 0.5) is 4.79 Å². The number of fused-ring (bicyclic) bond motifs is 2. The monoisotopic (exact) mass is 836 g/mol. The second-order valence-corrected chi connectivity index (χ2v) is 17.0. The summed E-state index contributed by atoms with van der Waals surface area (Å²) in [5.41, 5.74) is 8.33. The highest BCUT2D eigenvalue weighted by molar-refractivity contribution is 5.91. The van der Waals surface area contributed by atoms with Crippen LogP contribution in [-0.4, -0.2) is 57.7 Å². The molecule has 62 heavy (non-hydrogen) atoms. The minimum atomic E-state index is -1.23. The van der Waals surface area contributed by atoms with Crippen molar-refractivity contribution in [1.29, 1.82) is 0 Å². The summed E-state index contributed by atoms with van der Waals surface area (Å²) in [6.45, 7) is 8.54. The quantitative estimate of drug-likeness (QED) is 0.113. The molecule has 3 amide bonds. The largest absolute Gasteiger partial charge is 0.490 e. The van der Waals surface area contributed by atoms with E-state index in [-0.39, 0.29) is 37.6 Å². The Morgan fingerprint density at radius 1 is 0.887 bits per heavy atom. The third-order valence-corrected chi connectivity index (χ3v) is 13.0. The SMILES string of the molecule is CC[C@H]1CC[C@H](Oc2ccc([C@H]3COc4cc5c(cc4O3)CN(C(=O)N[C@H](C)c3ccccc3)[C@H](C(=O)N[C@@H](Cc3ccc(-c4ccnc(C)c4C)cc3)C(=O)O)C5)cc2)CC1. The van der Waals surface area contributed by atoms with Crippen LogP contribution in [0.1, 0.15) is 97.2 Å². The second kappa shape index (κ2) is 18.7. The van der Waals surface area contributed by atoms with E-state index in [1.807, 2.05) is 118 Å². The van der Waals surface area contributed by atoms with Gasteiger partial charge in [-0.3, -0.25) is 9.78 Å². The number of carboxylic acids is 1. The molecular weight excluding hydrogens is 781 g/mol. The minimum absolute atomic E-state index is 0.0613. The number of nitrogens with zero attached hydrogens (tertiary/aromatic N) is 2. The van der Waals surface area contributed by atoms with Crippen molar-refractivity contribution in [3.05, 3.63) is 142 Å². The van der Waals surface area contributed by atoms with Crippen molar-refractivity contribution in [2.24, 2.45) is 5.92 Å². The molecule has 3 N–H and O–H groups in total. The van der Waals surface area contributed by atoms with Crippen molar-refractivity contribution in [2.45, 2.75) is 110 Å². The van der Waals surface area contributed by atoms with Crippen LogP contribution in [0.5, 0.6) is 17.2 Å². The number of aryl methyl sites for hydroxylation is 1. The Kier molecular flexibility index (Phi) is 12.8. The zero-order chi connectivity index (χ0) is 43.3. The molecule has 322 valence electrons. The minimum Gasteiger partial charge on any atom is -0.490 e. The maximum atomic E-state index is 14.3. The number of aliphatic carboxylic acids is 1. The lowest BCUT2D eigenvalue weighted by atomic mass is 9.86. The zero-order valence-electron chi connectivity index (χ0n) is 35.9. The fourth-order valence-electron chi connectivity index (χ4n) is 8.94. The van der Waals surface area contributed by atoms with E-state index in [2.05, 4.69) is 22.5 Å². The van der Waals surface area contributed by atoms with Gasteiger partial charge in [-0.05, 0) is 127 Å². The molecule has 1 saturated carbocycles. The molecule has 0 unspecified atom stereocenters. The predicted molar refractivity (Wildman–Crippen MR) is 237 cm³/mol. The zero-order valence-corrected chi connectivity index (χ0v) is 35.9. The number of aromatic nitrogens is 1. The van der Waals surface area contributed by atoms with E-state index in [1.54, 1.807) is 6.20 Å². The molecule has 8 rings (SSSR count). The summed E-state index contributed by atoms with van der Waals surface area (Å²) in [6.07, 6.45) is 7.73. The van der Waals surface area contributed by atoms with Crippen LogP contribution in [0.2, 0.25) is 0 Å². The highest BCUT2D eigenvalue weighted by atomic mass is 16.6. The van der Waals surface area contributed by atoms with Crippen molar-refractivity contribution < 1.29 is 33.7 Å². The summed E-state index contributed by atoms with van der Waals surface area (Å²) < 4.78 is 19.1. The summed E-state index contributed by atoms with van der Waals surface area (Å²) in [5, 5.41) is 16.2. The first-order chi connectivity index (χ1) is 30.0. The Morgan fingerprint density at radius 3 is 2.32 bits per heavy atom. The maximum Gasteiger partial charge on any atom is 0.326 e. The van der Waals surface area contributed by atoms with Gasteiger partial charge >= 0.3 is 12.0 Å². The molecule has 3 aliphatic rings. The Bertz CT molecular complexity index is 2380. The van der Waals surface area contributed by atoms with Gasteiger partial charge in [0.15, 0.2) is 17.6 Å². The van der Waals surface area contributed by atoms with Crippen molar-refractivity contribution in [2.75, 3.05) is 6.61 Å². The molecule has 0 bridgehead atoms. The van der Waals surface area contributed by atoms with Crippen molar-refractivity contribution in [3.63, 3.8) is 0 Å². The molecule has 11 heteroatoms. The molecule has 0 saturated heterocycles. The number of hydrogen-bond donors (Lipinski definition) is 3. The van der Waals surface area contributed by atoms with Crippen LogP contribution < -0.4 is 24.8 Å². The van der Waals surface area contributed by atoms with E-state index in [0.29, 0.717) is 18.1 Å². The highest BCUT2D eigenvalue weighted by Gasteiger charge is 2.38. The third-order valence-electron chi connectivity index (χ3n) is 13.0. The molecule has 5 aromatic rings. The molecular formula is C51H56N4O7. The normalized spacial score (nSPS) is 20.3. The molecule has 4 atom stereocenters. The van der Waals surface area contributed by atoms with E-state index in [9.17, 15) is 19.5 Å². The van der Waals surface area contributed by atoms with E-state index in [1.165, 1.54) is 24.2 Å². The van der Waals surface area contributed by atoms with Gasteiger partial charge in [0.25, 0.3) is 0 Å². The number of amides is 3. The second-order valence-electron chi connectivity index (χ2n) is 17.0. The van der Waals surface area contributed by atoms with E-state index in [0.717, 1.165) is 74.7 Å². The number of urea groups is 1. The molecule has 0 spiro atoms. The number of carbonyl (C=O) groups excluding carboxylic acids is 2. The number of pyridine rings is 1. The van der Waals surface area contributed by atoms with Gasteiger partial charge in [0.05, 0.1) is 12.1 Å². The Morgan fingerprint density at radius 2 is 1.61 bits per heavy atom. The summed E-state index contributed by atoms with van der Waals surface area (Å²) >= 11 is 0. The molecule has 3 heterocycles. The fourth-order valence-corrected chi connectivity index (χ4v) is 8.94.